The Labute approximate surface area is 125 Å². The molecule has 0 atom stereocenters. The van der Waals surface area contributed by atoms with E-state index in [0.717, 1.165) is 0 Å². The summed E-state index contributed by atoms with van der Waals surface area (Å²) in [4.78, 5) is 12.7. The highest BCUT2D eigenvalue weighted by molar-refractivity contribution is 6.32. The number of alkyl halides is 3. The maximum atomic E-state index is 12.4. The average Bonchev–Trinajstić information content (AvgIpc) is 2.41. The van der Waals surface area contributed by atoms with Crippen molar-refractivity contribution in [2.45, 2.75) is 13.1 Å². The van der Waals surface area contributed by atoms with E-state index in [1.54, 1.807) is 0 Å². The Hall–Kier alpha value is -1.71. The van der Waals surface area contributed by atoms with Gasteiger partial charge >= 0.3 is 6.18 Å². The van der Waals surface area contributed by atoms with Gasteiger partial charge in [-0.15, -0.1) is 0 Å². The molecule has 0 radical (unpaired) electrons. The molecular weight excluding hydrogens is 305 g/mol. The molecule has 0 saturated carbocycles. The minimum atomic E-state index is -4.44. The second-order valence-corrected chi connectivity index (χ2v) is 4.54. The minimum Gasteiger partial charge on any atom is -0.330 e. The number of carbonyl (C=O) groups excluding carboxylic acids is 1. The predicted octanol–water partition coefficient (Wildman–Crippen LogP) is 2.67. The van der Waals surface area contributed by atoms with Gasteiger partial charge in [0.25, 0.3) is 5.91 Å². The van der Waals surface area contributed by atoms with Crippen LogP contribution in [-0.2, 0) is 0 Å². The summed E-state index contributed by atoms with van der Waals surface area (Å²) in [5, 5.41) is 0.199. The molecule has 2 N–H and O–H groups in total. The number of halogens is 4. The first kappa shape index (κ1) is 17.3. The number of carbonyl (C=O) groups is 1. The Morgan fingerprint density at radius 3 is 2.57 bits per heavy atom. The van der Waals surface area contributed by atoms with E-state index in [1.807, 2.05) is 0 Å². The molecule has 0 fully saturated rings. The summed E-state index contributed by atoms with van der Waals surface area (Å²) >= 11 is 5.95. The molecule has 0 aliphatic heterocycles. The van der Waals surface area contributed by atoms with Crippen LogP contribution in [0.15, 0.2) is 18.2 Å². The van der Waals surface area contributed by atoms with Crippen LogP contribution in [0, 0.1) is 11.8 Å². The Morgan fingerprint density at radius 1 is 1.43 bits per heavy atom. The van der Waals surface area contributed by atoms with Gasteiger partial charge in [-0.2, -0.15) is 13.2 Å². The highest BCUT2D eigenvalue weighted by atomic mass is 35.5. The van der Waals surface area contributed by atoms with Crippen LogP contribution in [0.25, 0.3) is 0 Å². The third-order valence-corrected chi connectivity index (χ3v) is 2.89. The molecule has 21 heavy (non-hydrogen) atoms. The van der Waals surface area contributed by atoms with Crippen molar-refractivity contribution in [1.82, 2.24) is 4.90 Å². The lowest BCUT2D eigenvalue weighted by Gasteiger charge is -2.22. The van der Waals surface area contributed by atoms with Crippen molar-refractivity contribution in [2.75, 3.05) is 19.6 Å². The summed E-state index contributed by atoms with van der Waals surface area (Å²) in [5.74, 6) is 4.59. The molecule has 0 aliphatic carbocycles. The minimum absolute atomic E-state index is 0.0509. The Balaban J connectivity index is 2.99. The molecule has 3 nitrogen and oxygen atoms in total. The Morgan fingerprint density at radius 2 is 2.10 bits per heavy atom. The van der Waals surface area contributed by atoms with Gasteiger partial charge in [0.1, 0.15) is 6.54 Å². The zero-order chi connectivity index (χ0) is 16.0. The second-order valence-electron chi connectivity index (χ2n) is 4.14. The van der Waals surface area contributed by atoms with Gasteiger partial charge in [0, 0.05) is 17.7 Å². The van der Waals surface area contributed by atoms with E-state index in [1.165, 1.54) is 25.1 Å². The molecule has 1 amide bonds. The fraction of sp³-hybridized carbons (Fsp3) is 0.357. The third kappa shape index (κ3) is 5.29. The predicted molar refractivity (Wildman–Crippen MR) is 75.0 cm³/mol. The van der Waals surface area contributed by atoms with Crippen LogP contribution in [0.3, 0.4) is 0 Å². The van der Waals surface area contributed by atoms with E-state index in [2.05, 4.69) is 11.8 Å². The number of benzene rings is 1. The summed E-state index contributed by atoms with van der Waals surface area (Å²) in [6.45, 7) is 0.290. The van der Waals surface area contributed by atoms with Gasteiger partial charge in [-0.3, -0.25) is 4.79 Å². The molecule has 7 heteroatoms. The molecule has 0 spiro atoms. The topological polar surface area (TPSA) is 46.3 Å². The highest BCUT2D eigenvalue weighted by Gasteiger charge is 2.32. The lowest BCUT2D eigenvalue weighted by molar-refractivity contribution is -0.140. The average molecular weight is 319 g/mol. The van der Waals surface area contributed by atoms with E-state index in [9.17, 15) is 18.0 Å². The summed E-state index contributed by atoms with van der Waals surface area (Å²) < 4.78 is 37.2. The normalized spacial score (nSPS) is 10.8. The number of hydrogen-bond donors (Lipinski definition) is 1. The second kappa shape index (κ2) is 7.34. The Kier molecular flexibility index (Phi) is 6.06. The van der Waals surface area contributed by atoms with Gasteiger partial charge in [-0.1, -0.05) is 23.4 Å². The zero-order valence-corrected chi connectivity index (χ0v) is 12.1. The van der Waals surface area contributed by atoms with Crippen molar-refractivity contribution in [1.29, 1.82) is 0 Å². The monoisotopic (exact) mass is 318 g/mol. The highest BCUT2D eigenvalue weighted by Crippen LogP contribution is 2.21. The van der Waals surface area contributed by atoms with Gasteiger partial charge in [0.2, 0.25) is 0 Å². The van der Waals surface area contributed by atoms with Gasteiger partial charge in [0.15, 0.2) is 0 Å². The maximum Gasteiger partial charge on any atom is 0.406 e. The van der Waals surface area contributed by atoms with Gasteiger partial charge < -0.3 is 10.6 Å². The van der Waals surface area contributed by atoms with Crippen LogP contribution in [0.4, 0.5) is 13.2 Å². The molecule has 1 rings (SSSR count). The molecular formula is C14H14ClF3N2O. The van der Waals surface area contributed by atoms with Crippen LogP contribution < -0.4 is 5.73 Å². The standard InChI is InChI=1S/C14H14ClF3N2O/c1-2-20(9-14(16,17)18)13(21)11-6-5-10(4-3-7-19)12(15)8-11/h5-6,8H,2,7,9,19H2,1H3. The fourth-order valence-corrected chi connectivity index (χ4v) is 1.85. The van der Waals surface area contributed by atoms with Crippen LogP contribution in [0.5, 0.6) is 0 Å². The lowest BCUT2D eigenvalue weighted by atomic mass is 10.1. The van der Waals surface area contributed by atoms with Crippen LogP contribution in [0.2, 0.25) is 5.02 Å². The number of nitrogens with zero attached hydrogens (tertiary/aromatic N) is 1. The first-order valence-electron chi connectivity index (χ1n) is 6.13. The van der Waals surface area contributed by atoms with Crippen LogP contribution >= 0.6 is 11.6 Å². The van der Waals surface area contributed by atoms with Crippen LogP contribution in [0.1, 0.15) is 22.8 Å². The first-order chi connectivity index (χ1) is 9.78. The van der Waals surface area contributed by atoms with E-state index in [0.29, 0.717) is 10.5 Å². The summed E-state index contributed by atoms with van der Waals surface area (Å²) in [7, 11) is 0. The lowest BCUT2D eigenvalue weighted by Crippen LogP contribution is -2.38. The molecule has 0 bridgehead atoms. The molecule has 0 saturated heterocycles. The quantitative estimate of drug-likeness (QED) is 0.871. The van der Waals surface area contributed by atoms with Crippen LogP contribution in [-0.4, -0.2) is 36.6 Å². The number of hydrogen-bond acceptors (Lipinski definition) is 2. The van der Waals surface area contributed by atoms with E-state index >= 15 is 0 Å². The molecule has 0 aliphatic rings. The zero-order valence-electron chi connectivity index (χ0n) is 11.3. The Bertz CT molecular complexity index is 576. The van der Waals surface area contributed by atoms with E-state index in [4.69, 9.17) is 17.3 Å². The van der Waals surface area contributed by atoms with Crippen molar-refractivity contribution in [3.05, 3.63) is 34.3 Å². The summed E-state index contributed by atoms with van der Waals surface area (Å²) in [6, 6.07) is 4.19. The maximum absolute atomic E-state index is 12.4. The van der Waals surface area contributed by atoms with Gasteiger partial charge in [-0.25, -0.2) is 0 Å². The molecule has 1 aromatic carbocycles. The number of nitrogens with two attached hydrogens (primary N) is 1. The first-order valence-corrected chi connectivity index (χ1v) is 6.50. The molecule has 0 aromatic heterocycles. The number of amides is 1. The van der Waals surface area contributed by atoms with Crippen molar-refractivity contribution in [2.24, 2.45) is 5.73 Å². The smallest absolute Gasteiger partial charge is 0.330 e. The molecule has 0 heterocycles. The van der Waals surface area contributed by atoms with Crippen molar-refractivity contribution >= 4 is 17.5 Å². The largest absolute Gasteiger partial charge is 0.406 e. The van der Waals surface area contributed by atoms with Gasteiger partial charge in [-0.05, 0) is 25.1 Å². The molecule has 114 valence electrons. The van der Waals surface area contributed by atoms with Crippen molar-refractivity contribution in [3.8, 4) is 11.8 Å². The molecule has 1 aromatic rings. The van der Waals surface area contributed by atoms with E-state index in [-0.39, 0.29) is 23.7 Å². The third-order valence-electron chi connectivity index (χ3n) is 2.58. The fourth-order valence-electron chi connectivity index (χ4n) is 1.62. The SMILES string of the molecule is CCN(CC(F)(F)F)C(=O)c1ccc(C#CCN)c(Cl)c1. The summed E-state index contributed by atoms with van der Waals surface area (Å²) in [6.07, 6.45) is -4.44. The van der Waals surface area contributed by atoms with Crippen molar-refractivity contribution in [3.63, 3.8) is 0 Å². The van der Waals surface area contributed by atoms with Gasteiger partial charge in [0.05, 0.1) is 11.6 Å². The number of rotatable bonds is 3. The van der Waals surface area contributed by atoms with Crippen molar-refractivity contribution < 1.29 is 18.0 Å². The van der Waals surface area contributed by atoms with E-state index < -0.39 is 18.6 Å². The summed E-state index contributed by atoms with van der Waals surface area (Å²) in [5.41, 5.74) is 5.79. The molecule has 0 unspecified atom stereocenters.